The molecule has 2 heteroatoms. The van der Waals surface area contributed by atoms with Crippen molar-refractivity contribution in [1.82, 2.24) is 0 Å². The lowest BCUT2D eigenvalue weighted by Crippen LogP contribution is -2.49. The normalized spacial score (nSPS) is 66.9. The Kier molecular flexibility index (Phi) is 0.980. The van der Waals surface area contributed by atoms with Crippen LogP contribution in [0.4, 0.5) is 0 Å². The van der Waals surface area contributed by atoms with Crippen molar-refractivity contribution in [1.29, 1.82) is 0 Å². The highest BCUT2D eigenvalue weighted by molar-refractivity contribution is 9.10. The van der Waals surface area contributed by atoms with Gasteiger partial charge in [0.15, 0.2) is 5.78 Å². The quantitative estimate of drug-likeness (QED) is 0.583. The molecule has 0 spiro atoms. The molecular weight excluding hydrogens is 216 g/mol. The molecule has 0 aromatic carbocycles. The molecule has 0 heterocycles. The third-order valence-corrected chi connectivity index (χ3v) is 6.21. The minimum atomic E-state index is -0.0885. The summed E-state index contributed by atoms with van der Waals surface area (Å²) in [7, 11) is 0. The Morgan fingerprint density at radius 1 is 1.50 bits per heavy atom. The van der Waals surface area contributed by atoms with Crippen LogP contribution >= 0.6 is 15.9 Å². The minimum Gasteiger partial charge on any atom is -0.297 e. The zero-order chi connectivity index (χ0) is 8.78. The van der Waals surface area contributed by atoms with Gasteiger partial charge >= 0.3 is 0 Å². The lowest BCUT2D eigenvalue weighted by atomic mass is 9.60. The van der Waals surface area contributed by atoms with Crippen molar-refractivity contribution in [2.75, 3.05) is 0 Å². The first-order valence-corrected chi connectivity index (χ1v) is 5.48. The van der Waals surface area contributed by atoms with Crippen molar-refractivity contribution in [2.24, 2.45) is 16.7 Å². The maximum atomic E-state index is 12.0. The number of hydrogen-bond donors (Lipinski definition) is 0. The van der Waals surface area contributed by atoms with E-state index in [1.165, 1.54) is 6.42 Å². The molecule has 4 saturated carbocycles. The highest BCUT2D eigenvalue weighted by Crippen LogP contribution is 2.81. The molecule has 0 aromatic rings. The van der Waals surface area contributed by atoms with Crippen molar-refractivity contribution in [2.45, 2.75) is 37.4 Å². The number of alkyl halides is 1. The van der Waals surface area contributed by atoms with Gasteiger partial charge in [0.05, 0.1) is 4.32 Å². The summed E-state index contributed by atoms with van der Waals surface area (Å²) in [6.45, 7) is 4.47. The standard InChI is InChI=1S/C10H13BrO/c1-8-4-3-6-9(8,2)5-10(6,11)7(8)12/h6H,3-5H2,1-2H3/t6-,8-,9-,10+/m1/s1. The average Bonchev–Trinajstić information content (AvgIpc) is 2.30. The summed E-state index contributed by atoms with van der Waals surface area (Å²) in [5.41, 5.74) is 0.356. The molecule has 0 aliphatic heterocycles. The van der Waals surface area contributed by atoms with Gasteiger partial charge in [-0.05, 0) is 30.6 Å². The predicted molar refractivity (Wildman–Crippen MR) is 50.2 cm³/mol. The topological polar surface area (TPSA) is 17.1 Å². The summed E-state index contributed by atoms with van der Waals surface area (Å²) in [5.74, 6) is 1.14. The van der Waals surface area contributed by atoms with Crippen molar-refractivity contribution in [3.63, 3.8) is 0 Å². The van der Waals surface area contributed by atoms with E-state index in [0.717, 1.165) is 12.8 Å². The van der Waals surface area contributed by atoms with E-state index in [2.05, 4.69) is 29.8 Å². The molecule has 4 bridgehead atoms. The fraction of sp³-hybridized carbons (Fsp3) is 0.900. The van der Waals surface area contributed by atoms with Crippen LogP contribution in [-0.2, 0) is 4.79 Å². The van der Waals surface area contributed by atoms with Crippen LogP contribution in [-0.4, -0.2) is 10.1 Å². The first-order chi connectivity index (χ1) is 5.45. The summed E-state index contributed by atoms with van der Waals surface area (Å²) in [5, 5.41) is 0. The van der Waals surface area contributed by atoms with Gasteiger partial charge in [-0.1, -0.05) is 29.8 Å². The largest absolute Gasteiger partial charge is 0.297 e. The molecule has 0 aromatic heterocycles. The second-order valence-electron chi connectivity index (χ2n) is 5.21. The lowest BCUT2D eigenvalue weighted by molar-refractivity contribution is -0.126. The van der Waals surface area contributed by atoms with E-state index in [9.17, 15) is 4.79 Å². The molecule has 0 saturated heterocycles. The molecule has 4 atom stereocenters. The summed E-state index contributed by atoms with van der Waals surface area (Å²) in [6.07, 6.45) is 3.46. The number of hydrogen-bond acceptors (Lipinski definition) is 1. The first kappa shape index (κ1) is 7.54. The predicted octanol–water partition coefficient (Wildman–Crippen LogP) is 2.53. The van der Waals surface area contributed by atoms with E-state index in [1.54, 1.807) is 0 Å². The van der Waals surface area contributed by atoms with Gasteiger partial charge in [-0.25, -0.2) is 0 Å². The van der Waals surface area contributed by atoms with Crippen LogP contribution < -0.4 is 0 Å². The van der Waals surface area contributed by atoms with Crippen molar-refractivity contribution < 1.29 is 4.79 Å². The van der Waals surface area contributed by atoms with Gasteiger partial charge < -0.3 is 0 Å². The smallest absolute Gasteiger partial charge is 0.156 e. The second-order valence-corrected chi connectivity index (χ2v) is 6.62. The molecule has 1 nitrogen and oxygen atoms in total. The van der Waals surface area contributed by atoms with Crippen LogP contribution in [0.2, 0.25) is 0 Å². The molecule has 0 amide bonds. The van der Waals surface area contributed by atoms with E-state index in [4.69, 9.17) is 0 Å². The van der Waals surface area contributed by atoms with Gasteiger partial charge in [0.2, 0.25) is 0 Å². The zero-order valence-corrected chi connectivity index (χ0v) is 9.07. The van der Waals surface area contributed by atoms with Gasteiger partial charge in [-0.2, -0.15) is 0 Å². The molecular formula is C10H13BrO. The van der Waals surface area contributed by atoms with Gasteiger partial charge in [0, 0.05) is 5.41 Å². The Bertz CT molecular complexity index is 300. The SMILES string of the molecule is C[C@]12CC[C@H]3[C@@](Br)(C[C@]31C)C2=O. The number of carbonyl (C=O) groups is 1. The van der Waals surface area contributed by atoms with Crippen molar-refractivity contribution >= 4 is 21.7 Å². The van der Waals surface area contributed by atoms with Gasteiger partial charge in [0.1, 0.15) is 0 Å². The average molecular weight is 229 g/mol. The Hall–Kier alpha value is 0.150. The fourth-order valence-corrected chi connectivity index (χ4v) is 5.82. The maximum Gasteiger partial charge on any atom is 0.156 e. The van der Waals surface area contributed by atoms with Crippen LogP contribution in [0.15, 0.2) is 0 Å². The number of carbonyl (C=O) groups excluding carboxylic acids is 1. The van der Waals surface area contributed by atoms with E-state index in [-0.39, 0.29) is 9.74 Å². The van der Waals surface area contributed by atoms with E-state index >= 15 is 0 Å². The molecule has 66 valence electrons. The van der Waals surface area contributed by atoms with Crippen LogP contribution in [0, 0.1) is 16.7 Å². The Morgan fingerprint density at radius 3 is 2.50 bits per heavy atom. The van der Waals surface area contributed by atoms with Crippen molar-refractivity contribution in [3.05, 3.63) is 0 Å². The second kappa shape index (κ2) is 1.56. The summed E-state index contributed by atoms with van der Waals surface area (Å²) >= 11 is 3.65. The highest BCUT2D eigenvalue weighted by atomic mass is 79.9. The minimum absolute atomic E-state index is 0.0150. The van der Waals surface area contributed by atoms with E-state index in [0.29, 0.717) is 17.1 Å². The van der Waals surface area contributed by atoms with E-state index < -0.39 is 0 Å². The summed E-state index contributed by atoms with van der Waals surface area (Å²) < 4.78 is -0.0885. The highest BCUT2D eigenvalue weighted by Gasteiger charge is 2.82. The number of halogens is 1. The third kappa shape index (κ3) is 0.417. The molecule has 4 aliphatic carbocycles. The number of ketones is 1. The maximum absolute atomic E-state index is 12.0. The monoisotopic (exact) mass is 228 g/mol. The van der Waals surface area contributed by atoms with Gasteiger partial charge in [0.25, 0.3) is 0 Å². The molecule has 0 radical (unpaired) electrons. The summed E-state index contributed by atoms with van der Waals surface area (Å²) in [4.78, 5) is 12.0. The Balaban J connectivity index is 2.24. The van der Waals surface area contributed by atoms with Crippen LogP contribution in [0.25, 0.3) is 0 Å². The molecule has 12 heavy (non-hydrogen) atoms. The van der Waals surface area contributed by atoms with Gasteiger partial charge in [-0.15, -0.1) is 0 Å². The Morgan fingerprint density at radius 2 is 2.17 bits per heavy atom. The first-order valence-electron chi connectivity index (χ1n) is 4.69. The molecule has 0 unspecified atom stereocenters. The number of rotatable bonds is 0. The van der Waals surface area contributed by atoms with Crippen LogP contribution in [0.1, 0.15) is 33.1 Å². The molecule has 0 N–H and O–H groups in total. The number of Topliss-reactive ketones (excluding diaryl/α,β-unsaturated/α-hetero) is 1. The third-order valence-electron chi connectivity index (χ3n) is 5.02. The van der Waals surface area contributed by atoms with Crippen molar-refractivity contribution in [3.8, 4) is 0 Å². The molecule has 4 rings (SSSR count). The zero-order valence-electron chi connectivity index (χ0n) is 7.48. The van der Waals surface area contributed by atoms with E-state index in [1.807, 2.05) is 0 Å². The Labute approximate surface area is 81.0 Å². The lowest BCUT2D eigenvalue weighted by Gasteiger charge is -2.48. The van der Waals surface area contributed by atoms with Crippen LogP contribution in [0.3, 0.4) is 0 Å². The fourth-order valence-electron chi connectivity index (χ4n) is 4.07. The summed E-state index contributed by atoms with van der Waals surface area (Å²) in [6, 6.07) is 0. The molecule has 4 fully saturated rings. The van der Waals surface area contributed by atoms with Gasteiger partial charge in [-0.3, -0.25) is 4.79 Å². The van der Waals surface area contributed by atoms with Crippen LogP contribution in [0.5, 0.6) is 0 Å². The molecule has 4 aliphatic rings.